The second-order valence-electron chi connectivity index (χ2n) is 6.69. The largest absolute Gasteiger partial charge is 0.495 e. The van der Waals surface area contributed by atoms with Gasteiger partial charge in [-0.25, -0.2) is 9.36 Å². The number of hydrogen-bond donors (Lipinski definition) is 1. The van der Waals surface area contributed by atoms with Gasteiger partial charge in [0, 0.05) is 10.8 Å². The number of rotatable bonds is 2. The van der Waals surface area contributed by atoms with Gasteiger partial charge in [0.15, 0.2) is 0 Å². The minimum atomic E-state index is -0.604. The molecule has 1 aromatic heterocycles. The standard InChI is InChI=1S/C19H21NO4/c1-19(2,3)24-18(22)20-15-8-6-5-7-13(15)14-9-12(11-21)10-16(23-4)17(14)20/h5-10,21H,11H2,1-4H3. The van der Waals surface area contributed by atoms with Crippen LogP contribution in [0.3, 0.4) is 0 Å². The first-order valence-corrected chi connectivity index (χ1v) is 7.80. The van der Waals surface area contributed by atoms with Crippen LogP contribution in [0.25, 0.3) is 21.8 Å². The fourth-order valence-corrected chi connectivity index (χ4v) is 2.86. The summed E-state index contributed by atoms with van der Waals surface area (Å²) in [4.78, 5) is 12.8. The molecule has 0 radical (unpaired) electrons. The molecule has 0 atom stereocenters. The molecule has 5 nitrogen and oxygen atoms in total. The summed E-state index contributed by atoms with van der Waals surface area (Å²) in [5, 5.41) is 11.3. The van der Waals surface area contributed by atoms with Gasteiger partial charge in [0.1, 0.15) is 16.9 Å². The number of hydrogen-bond acceptors (Lipinski definition) is 4. The molecule has 0 saturated heterocycles. The van der Waals surface area contributed by atoms with E-state index in [1.807, 2.05) is 51.1 Å². The third-order valence-corrected chi connectivity index (χ3v) is 3.77. The summed E-state index contributed by atoms with van der Waals surface area (Å²) >= 11 is 0. The van der Waals surface area contributed by atoms with E-state index in [1.54, 1.807) is 13.2 Å². The average molecular weight is 327 g/mol. The van der Waals surface area contributed by atoms with E-state index in [9.17, 15) is 9.90 Å². The van der Waals surface area contributed by atoms with Gasteiger partial charge in [-0.3, -0.25) is 0 Å². The summed E-state index contributed by atoms with van der Waals surface area (Å²) in [6.07, 6.45) is -0.455. The fourth-order valence-electron chi connectivity index (χ4n) is 2.86. The molecular formula is C19H21NO4. The lowest BCUT2D eigenvalue weighted by Gasteiger charge is -2.20. The highest BCUT2D eigenvalue weighted by Crippen LogP contribution is 2.36. The molecule has 2 aromatic carbocycles. The zero-order chi connectivity index (χ0) is 17.5. The number of methoxy groups -OCH3 is 1. The fraction of sp³-hybridized carbons (Fsp3) is 0.316. The number of benzene rings is 2. The predicted octanol–water partition coefficient (Wildman–Crippen LogP) is 4.08. The zero-order valence-electron chi connectivity index (χ0n) is 14.3. The van der Waals surface area contributed by atoms with Gasteiger partial charge in [-0.05, 0) is 44.5 Å². The van der Waals surface area contributed by atoms with E-state index in [4.69, 9.17) is 9.47 Å². The highest BCUT2D eigenvalue weighted by atomic mass is 16.6. The van der Waals surface area contributed by atoms with Crippen molar-refractivity contribution in [2.24, 2.45) is 0 Å². The van der Waals surface area contributed by atoms with Crippen LogP contribution >= 0.6 is 0 Å². The summed E-state index contributed by atoms with van der Waals surface area (Å²) in [6, 6.07) is 11.2. The molecule has 1 heterocycles. The molecule has 0 bridgehead atoms. The Bertz CT molecular complexity index is 918. The number of fused-ring (bicyclic) bond motifs is 3. The van der Waals surface area contributed by atoms with Gasteiger partial charge in [0.05, 0.1) is 19.2 Å². The van der Waals surface area contributed by atoms with Crippen LogP contribution in [0.4, 0.5) is 4.79 Å². The minimum absolute atomic E-state index is 0.0990. The van der Waals surface area contributed by atoms with Crippen molar-refractivity contribution >= 4 is 27.9 Å². The summed E-state index contributed by atoms with van der Waals surface area (Å²) < 4.78 is 12.6. The van der Waals surface area contributed by atoms with Crippen LogP contribution in [0.5, 0.6) is 5.75 Å². The van der Waals surface area contributed by atoms with Crippen LogP contribution in [-0.4, -0.2) is 28.5 Å². The minimum Gasteiger partial charge on any atom is -0.495 e. The maximum absolute atomic E-state index is 12.8. The number of carbonyl (C=O) groups is 1. The Balaban J connectivity index is 2.39. The number of aliphatic hydroxyl groups is 1. The molecular weight excluding hydrogens is 306 g/mol. The van der Waals surface area contributed by atoms with Crippen molar-refractivity contribution in [3.05, 3.63) is 42.0 Å². The van der Waals surface area contributed by atoms with E-state index in [0.717, 1.165) is 21.9 Å². The average Bonchev–Trinajstić information content (AvgIpc) is 2.87. The lowest BCUT2D eigenvalue weighted by Crippen LogP contribution is -2.27. The molecule has 3 aromatic rings. The van der Waals surface area contributed by atoms with Crippen molar-refractivity contribution in [2.75, 3.05) is 7.11 Å². The van der Waals surface area contributed by atoms with E-state index in [-0.39, 0.29) is 6.61 Å². The van der Waals surface area contributed by atoms with Crippen LogP contribution in [0.1, 0.15) is 26.3 Å². The number of carbonyl (C=O) groups excluding carboxylic acids is 1. The summed E-state index contributed by atoms with van der Waals surface area (Å²) in [7, 11) is 1.55. The molecule has 0 unspecified atom stereocenters. The van der Waals surface area contributed by atoms with Crippen molar-refractivity contribution in [3.8, 4) is 5.75 Å². The molecule has 126 valence electrons. The van der Waals surface area contributed by atoms with Crippen LogP contribution in [0.2, 0.25) is 0 Å². The SMILES string of the molecule is COc1cc(CO)cc2c3ccccc3n(C(=O)OC(C)(C)C)c12. The highest BCUT2D eigenvalue weighted by molar-refractivity contribution is 6.14. The van der Waals surface area contributed by atoms with Crippen molar-refractivity contribution in [1.82, 2.24) is 4.57 Å². The molecule has 0 fully saturated rings. The quantitative estimate of drug-likeness (QED) is 0.770. The van der Waals surface area contributed by atoms with Gasteiger partial charge < -0.3 is 14.6 Å². The van der Waals surface area contributed by atoms with Gasteiger partial charge in [-0.2, -0.15) is 0 Å². The van der Waals surface area contributed by atoms with E-state index >= 15 is 0 Å². The van der Waals surface area contributed by atoms with Crippen LogP contribution in [0, 0.1) is 0 Å². The Morgan fingerprint density at radius 1 is 1.17 bits per heavy atom. The smallest absolute Gasteiger partial charge is 0.419 e. The second-order valence-corrected chi connectivity index (χ2v) is 6.69. The third kappa shape index (κ3) is 2.71. The van der Waals surface area contributed by atoms with Gasteiger partial charge in [0.25, 0.3) is 0 Å². The number of nitrogens with zero attached hydrogens (tertiary/aromatic N) is 1. The molecule has 3 rings (SSSR count). The Morgan fingerprint density at radius 3 is 2.50 bits per heavy atom. The van der Waals surface area contributed by atoms with Crippen molar-refractivity contribution in [1.29, 1.82) is 0 Å². The Kier molecular flexibility index (Phi) is 3.97. The zero-order valence-corrected chi connectivity index (χ0v) is 14.3. The summed E-state index contributed by atoms with van der Waals surface area (Å²) in [6.45, 7) is 5.40. The van der Waals surface area contributed by atoms with Gasteiger partial charge in [0.2, 0.25) is 0 Å². The van der Waals surface area contributed by atoms with Crippen molar-refractivity contribution in [3.63, 3.8) is 0 Å². The first kappa shape index (κ1) is 16.3. The first-order chi connectivity index (χ1) is 11.4. The molecule has 0 aliphatic rings. The molecule has 0 saturated carbocycles. The normalized spacial score (nSPS) is 11.9. The second kappa shape index (κ2) is 5.83. The Labute approximate surface area is 140 Å². The summed E-state index contributed by atoms with van der Waals surface area (Å²) in [5.41, 5.74) is 1.51. The lowest BCUT2D eigenvalue weighted by atomic mass is 10.1. The van der Waals surface area contributed by atoms with Gasteiger partial charge in [-0.15, -0.1) is 0 Å². The van der Waals surface area contributed by atoms with E-state index in [2.05, 4.69) is 0 Å². The van der Waals surface area contributed by atoms with E-state index in [0.29, 0.717) is 11.3 Å². The van der Waals surface area contributed by atoms with Crippen LogP contribution in [-0.2, 0) is 11.3 Å². The predicted molar refractivity (Wildman–Crippen MR) is 93.6 cm³/mol. The maximum atomic E-state index is 12.8. The third-order valence-electron chi connectivity index (χ3n) is 3.77. The highest BCUT2D eigenvalue weighted by Gasteiger charge is 2.24. The molecule has 0 spiro atoms. The summed E-state index contributed by atoms with van der Waals surface area (Å²) in [5.74, 6) is 0.526. The Hall–Kier alpha value is -2.53. The van der Waals surface area contributed by atoms with Crippen molar-refractivity contribution in [2.45, 2.75) is 33.0 Å². The topological polar surface area (TPSA) is 60.7 Å². The maximum Gasteiger partial charge on any atom is 0.419 e. The Morgan fingerprint density at radius 2 is 1.88 bits per heavy atom. The lowest BCUT2D eigenvalue weighted by molar-refractivity contribution is 0.0551. The van der Waals surface area contributed by atoms with E-state index in [1.165, 1.54) is 4.57 Å². The number of ether oxygens (including phenoxy) is 2. The molecule has 0 aliphatic heterocycles. The van der Waals surface area contributed by atoms with Crippen LogP contribution < -0.4 is 4.74 Å². The van der Waals surface area contributed by atoms with Crippen LogP contribution in [0.15, 0.2) is 36.4 Å². The molecule has 5 heteroatoms. The van der Waals surface area contributed by atoms with E-state index < -0.39 is 11.7 Å². The van der Waals surface area contributed by atoms with Gasteiger partial charge >= 0.3 is 6.09 Å². The number of para-hydroxylation sites is 1. The first-order valence-electron chi connectivity index (χ1n) is 7.80. The molecule has 0 amide bonds. The number of aromatic nitrogens is 1. The number of aliphatic hydroxyl groups excluding tert-OH is 1. The molecule has 24 heavy (non-hydrogen) atoms. The van der Waals surface area contributed by atoms with Crippen molar-refractivity contribution < 1.29 is 19.4 Å². The molecule has 1 N–H and O–H groups in total. The molecule has 0 aliphatic carbocycles. The van der Waals surface area contributed by atoms with Gasteiger partial charge in [-0.1, -0.05) is 18.2 Å². The monoisotopic (exact) mass is 327 g/mol.